The van der Waals surface area contributed by atoms with E-state index in [4.69, 9.17) is 0 Å². The Morgan fingerprint density at radius 1 is 1.43 bits per heavy atom. The fraction of sp³-hybridized carbons (Fsp3) is 0.500. The van der Waals surface area contributed by atoms with Gasteiger partial charge in [-0.25, -0.2) is 8.78 Å². The van der Waals surface area contributed by atoms with Gasteiger partial charge in [0.25, 0.3) is 11.8 Å². The fourth-order valence-electron chi connectivity index (χ4n) is 3.13. The van der Waals surface area contributed by atoms with Gasteiger partial charge in [0.2, 0.25) is 0 Å². The molecule has 1 N–H and O–H groups in total. The molecule has 0 fully saturated rings. The first-order valence-corrected chi connectivity index (χ1v) is 8.09. The van der Waals surface area contributed by atoms with Crippen LogP contribution >= 0.6 is 0 Å². The van der Waals surface area contributed by atoms with Crippen molar-refractivity contribution in [1.82, 2.24) is 10.2 Å². The average Bonchev–Trinajstić information content (AvgIpc) is 2.62. The third-order valence-electron chi connectivity index (χ3n) is 4.24. The molecule has 3 nitrogen and oxygen atoms in total. The first-order valence-electron chi connectivity index (χ1n) is 8.09. The Labute approximate surface area is 136 Å². The van der Waals surface area contributed by atoms with Crippen molar-refractivity contribution in [3.05, 3.63) is 47.0 Å². The number of likely N-dealkylation sites (N-methyl/N-ethyl adjacent to an activating group) is 1. The molecule has 1 amide bonds. The predicted octanol–water partition coefficient (Wildman–Crippen LogP) is 4.12. The summed E-state index contributed by atoms with van der Waals surface area (Å²) in [4.78, 5) is 14.2. The third kappa shape index (κ3) is 3.38. The van der Waals surface area contributed by atoms with Gasteiger partial charge in [-0.3, -0.25) is 4.79 Å². The molecule has 0 aromatic carbocycles. The third-order valence-corrected chi connectivity index (χ3v) is 4.24. The van der Waals surface area contributed by atoms with Crippen molar-refractivity contribution in [3.63, 3.8) is 0 Å². The number of hydrogen-bond donors (Lipinski definition) is 1. The van der Waals surface area contributed by atoms with Crippen LogP contribution in [-0.2, 0) is 4.79 Å². The Bertz CT molecular complexity index is 609. The van der Waals surface area contributed by atoms with Gasteiger partial charge in [0.15, 0.2) is 0 Å². The molecule has 0 spiro atoms. The molecule has 1 atom stereocenters. The Balaban J connectivity index is 2.58. The topological polar surface area (TPSA) is 32.3 Å². The number of carbonyl (C=O) groups excluding carboxylic acids is 1. The standard InChI is InChI=1S/C18H24F2N2O/c1-5-13-12(3)9-10-15-14(18(4,19)20)8-7-11-22(15)16(13)17(23)21-6-2/h7-8,10-12H,5-6,9H2,1-4H3,(H,21,23). The molecule has 0 saturated heterocycles. The van der Waals surface area contributed by atoms with Gasteiger partial charge in [0, 0.05) is 25.2 Å². The van der Waals surface area contributed by atoms with E-state index >= 15 is 0 Å². The molecule has 23 heavy (non-hydrogen) atoms. The minimum absolute atomic E-state index is 0.0497. The number of alkyl halides is 2. The van der Waals surface area contributed by atoms with E-state index in [9.17, 15) is 13.6 Å². The SMILES string of the molecule is CCNC(=O)C1=C(CC)C(C)CC=C2C(C(C)(F)F)=CC=CN21. The molecule has 2 rings (SSSR count). The summed E-state index contributed by atoms with van der Waals surface area (Å²) in [6, 6.07) is 0. The Morgan fingerprint density at radius 3 is 2.70 bits per heavy atom. The summed E-state index contributed by atoms with van der Waals surface area (Å²) in [5.41, 5.74) is 1.84. The van der Waals surface area contributed by atoms with Crippen LogP contribution in [0.15, 0.2) is 47.0 Å². The molecule has 0 aromatic heterocycles. The van der Waals surface area contributed by atoms with E-state index in [1.54, 1.807) is 17.2 Å². The first kappa shape index (κ1) is 17.4. The Morgan fingerprint density at radius 2 is 2.13 bits per heavy atom. The van der Waals surface area contributed by atoms with E-state index in [0.29, 0.717) is 30.8 Å². The Kier molecular flexibility index (Phi) is 5.07. The van der Waals surface area contributed by atoms with Crippen LogP contribution in [0.5, 0.6) is 0 Å². The number of rotatable bonds is 4. The second-order valence-corrected chi connectivity index (χ2v) is 5.99. The minimum Gasteiger partial charge on any atom is -0.351 e. The highest BCUT2D eigenvalue weighted by atomic mass is 19.3. The predicted molar refractivity (Wildman–Crippen MR) is 87.5 cm³/mol. The zero-order chi connectivity index (χ0) is 17.2. The van der Waals surface area contributed by atoms with Gasteiger partial charge < -0.3 is 10.2 Å². The summed E-state index contributed by atoms with van der Waals surface area (Å²) < 4.78 is 28.0. The van der Waals surface area contributed by atoms with Crippen LogP contribution in [0.1, 0.15) is 40.5 Å². The highest BCUT2D eigenvalue weighted by Gasteiger charge is 2.37. The van der Waals surface area contributed by atoms with Gasteiger partial charge >= 0.3 is 0 Å². The molecule has 0 radical (unpaired) electrons. The number of hydrogen-bond acceptors (Lipinski definition) is 2. The van der Waals surface area contributed by atoms with Crippen molar-refractivity contribution in [3.8, 4) is 0 Å². The van der Waals surface area contributed by atoms with Gasteiger partial charge in [0.1, 0.15) is 5.70 Å². The second-order valence-electron chi connectivity index (χ2n) is 5.99. The van der Waals surface area contributed by atoms with Crippen LogP contribution in [0.4, 0.5) is 8.78 Å². The number of halogens is 2. The van der Waals surface area contributed by atoms with Crippen molar-refractivity contribution in [2.24, 2.45) is 5.92 Å². The smallest absolute Gasteiger partial charge is 0.272 e. The highest BCUT2D eigenvalue weighted by Crippen LogP contribution is 2.40. The van der Waals surface area contributed by atoms with Crippen molar-refractivity contribution >= 4 is 5.91 Å². The van der Waals surface area contributed by atoms with Crippen LogP contribution in [0.2, 0.25) is 0 Å². The summed E-state index contributed by atoms with van der Waals surface area (Å²) in [6.07, 6.45) is 7.87. The first-order chi connectivity index (χ1) is 10.8. The summed E-state index contributed by atoms with van der Waals surface area (Å²) in [7, 11) is 0. The fourth-order valence-corrected chi connectivity index (χ4v) is 3.13. The normalized spacial score (nSPS) is 21.5. The van der Waals surface area contributed by atoms with Crippen molar-refractivity contribution in [2.45, 2.75) is 46.5 Å². The molecule has 2 aliphatic rings. The van der Waals surface area contributed by atoms with E-state index in [1.807, 2.05) is 26.8 Å². The minimum atomic E-state index is -2.96. The summed E-state index contributed by atoms with van der Waals surface area (Å²) in [5, 5.41) is 2.81. The Hall–Kier alpha value is -1.91. The van der Waals surface area contributed by atoms with Crippen LogP contribution in [-0.4, -0.2) is 23.3 Å². The maximum Gasteiger partial charge on any atom is 0.272 e. The lowest BCUT2D eigenvalue weighted by Crippen LogP contribution is -2.36. The monoisotopic (exact) mass is 322 g/mol. The van der Waals surface area contributed by atoms with Gasteiger partial charge in [-0.1, -0.05) is 19.9 Å². The number of amides is 1. The van der Waals surface area contributed by atoms with Crippen LogP contribution in [0, 0.1) is 5.92 Å². The van der Waals surface area contributed by atoms with Gasteiger partial charge in [-0.05, 0) is 43.4 Å². The summed E-state index contributed by atoms with van der Waals surface area (Å²) in [5.74, 6) is -3.04. The highest BCUT2D eigenvalue weighted by molar-refractivity contribution is 5.94. The van der Waals surface area contributed by atoms with Gasteiger partial charge in [-0.2, -0.15) is 0 Å². The number of nitrogens with zero attached hydrogens (tertiary/aromatic N) is 1. The lowest BCUT2D eigenvalue weighted by atomic mass is 9.93. The zero-order valence-corrected chi connectivity index (χ0v) is 14.1. The lowest BCUT2D eigenvalue weighted by Gasteiger charge is -2.32. The number of nitrogens with one attached hydrogen (secondary N) is 1. The second kappa shape index (κ2) is 6.69. The molecule has 1 unspecified atom stereocenters. The van der Waals surface area contributed by atoms with Crippen molar-refractivity contribution < 1.29 is 13.6 Å². The van der Waals surface area contributed by atoms with Crippen molar-refractivity contribution in [2.75, 3.05) is 6.54 Å². The molecule has 0 aromatic rings. The van der Waals surface area contributed by atoms with E-state index < -0.39 is 5.92 Å². The molecule has 0 bridgehead atoms. The summed E-state index contributed by atoms with van der Waals surface area (Å²) >= 11 is 0. The van der Waals surface area contributed by atoms with Crippen molar-refractivity contribution in [1.29, 1.82) is 0 Å². The number of allylic oxidation sites excluding steroid dienone is 5. The number of carbonyl (C=O) groups is 1. The average molecular weight is 322 g/mol. The molecule has 0 aliphatic carbocycles. The summed E-state index contributed by atoms with van der Waals surface area (Å²) in [6.45, 7) is 7.26. The van der Waals surface area contributed by atoms with Gasteiger partial charge in [0.05, 0.1) is 5.70 Å². The largest absolute Gasteiger partial charge is 0.351 e. The molecule has 2 heterocycles. The molecular formula is C18H24F2N2O. The maximum atomic E-state index is 14.0. The van der Waals surface area contributed by atoms with E-state index in [0.717, 1.165) is 12.5 Å². The quantitative estimate of drug-likeness (QED) is 0.844. The van der Waals surface area contributed by atoms with E-state index in [2.05, 4.69) is 5.32 Å². The van der Waals surface area contributed by atoms with Crippen LogP contribution < -0.4 is 5.32 Å². The molecule has 126 valence electrons. The molecule has 0 saturated carbocycles. The molecule has 2 aliphatic heterocycles. The number of fused-ring (bicyclic) bond motifs is 1. The van der Waals surface area contributed by atoms with Gasteiger partial charge in [-0.15, -0.1) is 0 Å². The van der Waals surface area contributed by atoms with E-state index in [1.165, 1.54) is 6.08 Å². The van der Waals surface area contributed by atoms with Crippen LogP contribution in [0.3, 0.4) is 0 Å². The van der Waals surface area contributed by atoms with Crippen LogP contribution in [0.25, 0.3) is 0 Å². The zero-order valence-electron chi connectivity index (χ0n) is 14.1. The molecular weight excluding hydrogens is 298 g/mol. The lowest BCUT2D eigenvalue weighted by molar-refractivity contribution is -0.118. The van der Waals surface area contributed by atoms with E-state index in [-0.39, 0.29) is 17.4 Å². The molecule has 5 heteroatoms. The maximum absolute atomic E-state index is 14.0.